The lowest BCUT2D eigenvalue weighted by Gasteiger charge is -2.28. The predicted octanol–water partition coefficient (Wildman–Crippen LogP) is 2.41. The van der Waals surface area contributed by atoms with Crippen LogP contribution in [-0.4, -0.2) is 46.4 Å². The highest BCUT2D eigenvalue weighted by molar-refractivity contribution is 5.60. The van der Waals surface area contributed by atoms with Gasteiger partial charge in [-0.15, -0.1) is 0 Å². The minimum absolute atomic E-state index is 0.194. The van der Waals surface area contributed by atoms with Crippen LogP contribution in [0.5, 0.6) is 5.75 Å². The van der Waals surface area contributed by atoms with Crippen molar-refractivity contribution < 1.29 is 14.2 Å². The molecule has 0 spiro atoms. The van der Waals surface area contributed by atoms with E-state index in [1.165, 1.54) is 0 Å². The molecule has 0 bridgehead atoms. The highest BCUT2D eigenvalue weighted by Gasteiger charge is 2.17. The quantitative estimate of drug-likeness (QED) is 0.436. The molecule has 3 aromatic rings. The fourth-order valence-electron chi connectivity index (χ4n) is 2.98. The van der Waals surface area contributed by atoms with Gasteiger partial charge in [0.2, 0.25) is 5.95 Å². The van der Waals surface area contributed by atoms with Crippen molar-refractivity contribution in [3.8, 4) is 5.75 Å². The molecule has 1 aliphatic rings. The molecule has 1 saturated heterocycles. The third kappa shape index (κ3) is 5.10. The topological polar surface area (TPSA) is 107 Å². The molecule has 0 aliphatic carbocycles. The lowest BCUT2D eigenvalue weighted by atomic mass is 10.3. The molecular formula is C20H22FN7O2. The van der Waals surface area contributed by atoms with Crippen LogP contribution in [0.3, 0.4) is 0 Å². The molecule has 0 atom stereocenters. The van der Waals surface area contributed by atoms with Gasteiger partial charge in [-0.2, -0.15) is 4.98 Å². The average molecular weight is 411 g/mol. The lowest BCUT2D eigenvalue weighted by molar-refractivity contribution is 0.122. The molecule has 4 rings (SSSR count). The van der Waals surface area contributed by atoms with Gasteiger partial charge in [-0.3, -0.25) is 10.4 Å². The van der Waals surface area contributed by atoms with Gasteiger partial charge in [0, 0.05) is 24.8 Å². The molecule has 4 N–H and O–H groups in total. The van der Waals surface area contributed by atoms with E-state index in [0.29, 0.717) is 32.8 Å². The van der Waals surface area contributed by atoms with Crippen LogP contribution in [0.1, 0.15) is 5.69 Å². The van der Waals surface area contributed by atoms with Crippen LogP contribution in [-0.2, 0) is 11.3 Å². The number of anilines is 4. The van der Waals surface area contributed by atoms with Gasteiger partial charge in [-0.05, 0) is 24.3 Å². The zero-order chi connectivity index (χ0) is 20.8. The molecule has 9 nitrogen and oxygen atoms in total. The average Bonchev–Trinajstić information content (AvgIpc) is 2.77. The Morgan fingerprint density at radius 3 is 2.70 bits per heavy atom. The molecule has 3 heterocycles. The smallest absolute Gasteiger partial charge is 0.239 e. The van der Waals surface area contributed by atoms with Crippen LogP contribution >= 0.6 is 0 Å². The number of ether oxygens (including phenoxy) is 1. The molecule has 0 radical (unpaired) electrons. The SMILES string of the molecule is Oc1cccc(Nc2ccc(CNNc3ncc(F)c(N4CCOCC4)n3)nc2)c1. The summed E-state index contributed by atoms with van der Waals surface area (Å²) < 4.78 is 19.4. The number of aromatic hydroxyl groups is 1. The number of halogens is 1. The zero-order valence-corrected chi connectivity index (χ0v) is 16.2. The lowest BCUT2D eigenvalue weighted by Crippen LogP contribution is -2.37. The maximum absolute atomic E-state index is 14.1. The van der Waals surface area contributed by atoms with E-state index < -0.39 is 5.82 Å². The van der Waals surface area contributed by atoms with Crippen molar-refractivity contribution >= 4 is 23.1 Å². The summed E-state index contributed by atoms with van der Waals surface area (Å²) in [6.07, 6.45) is 2.86. The number of nitrogens with one attached hydrogen (secondary N) is 3. The van der Waals surface area contributed by atoms with Crippen LogP contribution in [0.2, 0.25) is 0 Å². The standard InChI is InChI=1S/C20H22FN7O2/c21-18-13-23-20(26-19(18)28-6-8-30-9-7-28)27-24-12-15-4-5-16(11-22-15)25-14-2-1-3-17(29)10-14/h1-5,10-11,13,24-25,29H,6-9,12H2,(H,23,26,27). The molecule has 1 aromatic carbocycles. The number of morpholine rings is 1. The van der Waals surface area contributed by atoms with Crippen LogP contribution in [0.25, 0.3) is 0 Å². The van der Waals surface area contributed by atoms with Gasteiger partial charge in [-0.1, -0.05) is 6.07 Å². The number of phenols is 1. The Morgan fingerprint density at radius 2 is 1.93 bits per heavy atom. The van der Waals surface area contributed by atoms with E-state index in [4.69, 9.17) is 4.74 Å². The summed E-state index contributed by atoms with van der Waals surface area (Å²) in [5.74, 6) is 0.275. The van der Waals surface area contributed by atoms with E-state index in [9.17, 15) is 9.50 Å². The maximum Gasteiger partial charge on any atom is 0.239 e. The van der Waals surface area contributed by atoms with Crippen LogP contribution in [0.15, 0.2) is 48.8 Å². The number of aromatic nitrogens is 3. The Morgan fingerprint density at radius 1 is 1.07 bits per heavy atom. The summed E-state index contributed by atoms with van der Waals surface area (Å²) in [6, 6.07) is 10.6. The molecule has 1 aliphatic heterocycles. The largest absolute Gasteiger partial charge is 0.508 e. The number of phenolic OH excluding ortho intramolecular Hbond substituents is 1. The summed E-state index contributed by atoms with van der Waals surface area (Å²) >= 11 is 0. The van der Waals surface area contributed by atoms with Gasteiger partial charge in [0.05, 0.1) is 43.5 Å². The monoisotopic (exact) mass is 411 g/mol. The fourth-order valence-corrected chi connectivity index (χ4v) is 2.98. The van der Waals surface area contributed by atoms with Crippen LogP contribution < -0.4 is 21.1 Å². The van der Waals surface area contributed by atoms with Gasteiger partial charge in [0.15, 0.2) is 11.6 Å². The summed E-state index contributed by atoms with van der Waals surface area (Å²) in [6.45, 7) is 2.69. The predicted molar refractivity (Wildman–Crippen MR) is 111 cm³/mol. The Hall–Kier alpha value is -3.50. The van der Waals surface area contributed by atoms with Crippen molar-refractivity contribution in [2.75, 3.05) is 41.9 Å². The molecule has 30 heavy (non-hydrogen) atoms. The van der Waals surface area contributed by atoms with Crippen LogP contribution in [0.4, 0.5) is 27.5 Å². The minimum atomic E-state index is -0.459. The van der Waals surface area contributed by atoms with Crippen LogP contribution in [0, 0.1) is 5.82 Å². The molecule has 0 amide bonds. The van der Waals surface area contributed by atoms with Gasteiger partial charge in [0.1, 0.15) is 5.75 Å². The maximum atomic E-state index is 14.1. The van der Waals surface area contributed by atoms with E-state index in [2.05, 4.69) is 31.1 Å². The van der Waals surface area contributed by atoms with Gasteiger partial charge in [-0.25, -0.2) is 14.8 Å². The van der Waals surface area contributed by atoms with Crippen molar-refractivity contribution in [2.24, 2.45) is 0 Å². The van der Waals surface area contributed by atoms with Crippen molar-refractivity contribution in [1.82, 2.24) is 20.4 Å². The molecule has 0 unspecified atom stereocenters. The number of hydrogen-bond acceptors (Lipinski definition) is 9. The Balaban J connectivity index is 1.31. The van der Waals surface area contributed by atoms with E-state index in [-0.39, 0.29) is 17.5 Å². The normalized spacial score (nSPS) is 13.8. The summed E-state index contributed by atoms with van der Waals surface area (Å²) in [7, 11) is 0. The van der Waals surface area contributed by atoms with Crippen molar-refractivity contribution in [3.05, 3.63) is 60.3 Å². The first-order valence-corrected chi connectivity index (χ1v) is 9.52. The van der Waals surface area contributed by atoms with Crippen molar-refractivity contribution in [3.63, 3.8) is 0 Å². The van der Waals surface area contributed by atoms with E-state index in [1.807, 2.05) is 23.1 Å². The highest BCUT2D eigenvalue weighted by atomic mass is 19.1. The first-order valence-electron chi connectivity index (χ1n) is 9.52. The molecular weight excluding hydrogens is 389 g/mol. The number of hydrazine groups is 1. The van der Waals surface area contributed by atoms with Crippen molar-refractivity contribution in [2.45, 2.75) is 6.54 Å². The Kier molecular flexibility index (Phi) is 6.16. The fraction of sp³-hybridized carbons (Fsp3) is 0.250. The van der Waals surface area contributed by atoms with Gasteiger partial charge >= 0.3 is 0 Å². The zero-order valence-electron chi connectivity index (χ0n) is 16.2. The third-order valence-corrected chi connectivity index (χ3v) is 4.47. The minimum Gasteiger partial charge on any atom is -0.508 e. The Bertz CT molecular complexity index is 981. The van der Waals surface area contributed by atoms with Gasteiger partial charge in [0.25, 0.3) is 0 Å². The second-order valence-corrected chi connectivity index (χ2v) is 6.66. The molecule has 156 valence electrons. The number of nitrogens with zero attached hydrogens (tertiary/aromatic N) is 4. The summed E-state index contributed by atoms with van der Waals surface area (Å²) in [4.78, 5) is 14.4. The summed E-state index contributed by atoms with van der Waals surface area (Å²) in [5, 5.41) is 12.7. The van der Waals surface area contributed by atoms with Gasteiger partial charge < -0.3 is 20.1 Å². The van der Waals surface area contributed by atoms with Crippen molar-refractivity contribution in [1.29, 1.82) is 0 Å². The second-order valence-electron chi connectivity index (χ2n) is 6.66. The van der Waals surface area contributed by atoms with E-state index >= 15 is 0 Å². The molecule has 10 heteroatoms. The number of benzene rings is 1. The summed E-state index contributed by atoms with van der Waals surface area (Å²) in [5.41, 5.74) is 8.23. The second kappa shape index (κ2) is 9.33. The highest BCUT2D eigenvalue weighted by Crippen LogP contribution is 2.20. The first-order chi connectivity index (χ1) is 14.7. The van der Waals surface area contributed by atoms with E-state index in [1.54, 1.807) is 24.4 Å². The molecule has 1 fully saturated rings. The molecule has 0 saturated carbocycles. The van der Waals surface area contributed by atoms with E-state index in [0.717, 1.165) is 23.3 Å². The molecule has 2 aromatic heterocycles. The third-order valence-electron chi connectivity index (χ3n) is 4.47. The Labute approximate surface area is 172 Å². The number of rotatable bonds is 7. The number of pyridine rings is 1. The number of hydrogen-bond donors (Lipinski definition) is 4. The first kappa shape index (κ1) is 19.8.